The maximum Gasteiger partial charge on any atom is 0.247 e. The zero-order valence-corrected chi connectivity index (χ0v) is 15.3. The molecule has 5 aliphatic rings. The molecule has 4 aliphatic carbocycles. The third-order valence-corrected chi connectivity index (χ3v) is 6.83. The summed E-state index contributed by atoms with van der Waals surface area (Å²) in [6, 6.07) is 6.23. The van der Waals surface area contributed by atoms with Crippen molar-refractivity contribution in [3.05, 3.63) is 36.4 Å². The molecule has 1 saturated heterocycles. The number of benzene rings is 1. The summed E-state index contributed by atoms with van der Waals surface area (Å²) in [5, 5.41) is 2.79. The fourth-order valence-electron chi connectivity index (χ4n) is 5.46. The number of rotatable bonds is 4. The summed E-state index contributed by atoms with van der Waals surface area (Å²) in [6.07, 6.45) is 5.39. The van der Waals surface area contributed by atoms with E-state index in [0.717, 1.165) is 6.42 Å². The minimum Gasteiger partial charge on any atom is -0.495 e. The van der Waals surface area contributed by atoms with Crippen molar-refractivity contribution >= 4 is 23.4 Å². The van der Waals surface area contributed by atoms with Crippen molar-refractivity contribution in [2.24, 2.45) is 35.5 Å². The Morgan fingerprint density at radius 3 is 2.30 bits per heavy atom. The molecule has 0 aromatic heterocycles. The number of carbonyl (C=O) groups excluding carboxylic acids is 3. The molecule has 140 valence electrons. The molecule has 6 nitrogen and oxygen atoms in total. The van der Waals surface area contributed by atoms with Crippen LogP contribution in [0.25, 0.3) is 0 Å². The number of ether oxygens (including phenoxy) is 1. The molecule has 3 amide bonds. The lowest BCUT2D eigenvalue weighted by molar-refractivity contribution is -0.146. The van der Waals surface area contributed by atoms with Gasteiger partial charge in [-0.25, -0.2) is 0 Å². The Kier molecular flexibility index (Phi) is 3.48. The predicted molar refractivity (Wildman–Crippen MR) is 97.6 cm³/mol. The van der Waals surface area contributed by atoms with Gasteiger partial charge in [-0.3, -0.25) is 19.3 Å². The second-order valence-electron chi connectivity index (χ2n) is 8.07. The summed E-state index contributed by atoms with van der Waals surface area (Å²) in [7, 11) is 1.53. The van der Waals surface area contributed by atoms with Crippen LogP contribution in [0.4, 0.5) is 5.69 Å². The van der Waals surface area contributed by atoms with E-state index in [-0.39, 0.29) is 41.4 Å². The van der Waals surface area contributed by atoms with Crippen LogP contribution in [0.2, 0.25) is 0 Å². The topological polar surface area (TPSA) is 75.7 Å². The lowest BCUT2D eigenvalue weighted by Gasteiger charge is -2.37. The van der Waals surface area contributed by atoms with E-state index in [2.05, 4.69) is 17.5 Å². The van der Waals surface area contributed by atoms with Crippen molar-refractivity contribution in [2.75, 3.05) is 12.4 Å². The molecule has 1 aromatic carbocycles. The van der Waals surface area contributed by atoms with Gasteiger partial charge in [0.05, 0.1) is 24.6 Å². The zero-order valence-electron chi connectivity index (χ0n) is 15.3. The summed E-state index contributed by atoms with van der Waals surface area (Å²) in [5.41, 5.74) is 0.524. The lowest BCUT2D eigenvalue weighted by atomic mass is 9.63. The maximum absolute atomic E-state index is 13.1. The Hall–Kier alpha value is -2.63. The van der Waals surface area contributed by atoms with Crippen LogP contribution in [0.1, 0.15) is 13.3 Å². The number of hydrogen-bond donors (Lipinski definition) is 1. The molecule has 0 radical (unpaired) electrons. The van der Waals surface area contributed by atoms with E-state index in [4.69, 9.17) is 4.74 Å². The zero-order chi connectivity index (χ0) is 18.9. The summed E-state index contributed by atoms with van der Waals surface area (Å²) in [4.78, 5) is 40.2. The third kappa shape index (κ3) is 2.22. The number of nitrogens with one attached hydrogen (secondary N) is 1. The minimum absolute atomic E-state index is 0.163. The second-order valence-corrected chi connectivity index (χ2v) is 8.07. The average molecular weight is 366 g/mol. The van der Waals surface area contributed by atoms with E-state index in [1.807, 2.05) is 6.07 Å². The Labute approximate surface area is 157 Å². The Bertz CT molecular complexity index is 843. The lowest BCUT2D eigenvalue weighted by Crippen LogP contribution is -2.46. The number of allylic oxidation sites excluding steroid dienone is 2. The molecule has 2 saturated carbocycles. The molecule has 0 spiro atoms. The van der Waals surface area contributed by atoms with Gasteiger partial charge in [0, 0.05) is 0 Å². The fraction of sp³-hybridized carbons (Fsp3) is 0.476. The van der Waals surface area contributed by atoms with Gasteiger partial charge in [0.25, 0.3) is 0 Å². The standard InChI is InChI=1S/C21H22N2O4/c1-10(19(24)22-15-5-3-4-6-16(15)27-2)23-20(25)17-11-7-8-12(14-9-13(11)14)18(17)21(23)26/h3-8,10-14,17-18H,9H2,1-2H3,(H,22,24)/t10-,11-,12-,13-,14-,17+,18+/m0/s1. The average Bonchev–Trinajstić information content (AvgIpc) is 3.45. The highest BCUT2D eigenvalue weighted by atomic mass is 16.5. The molecule has 1 aromatic rings. The van der Waals surface area contributed by atoms with Gasteiger partial charge in [-0.05, 0) is 49.1 Å². The van der Waals surface area contributed by atoms with E-state index < -0.39 is 6.04 Å². The van der Waals surface area contributed by atoms with Gasteiger partial charge in [0.2, 0.25) is 17.7 Å². The number of methoxy groups -OCH3 is 1. The molecule has 6 heteroatoms. The van der Waals surface area contributed by atoms with Gasteiger partial charge >= 0.3 is 0 Å². The molecule has 0 unspecified atom stereocenters. The van der Waals surface area contributed by atoms with Crippen LogP contribution < -0.4 is 10.1 Å². The monoisotopic (exact) mass is 366 g/mol. The highest BCUT2D eigenvalue weighted by Crippen LogP contribution is 2.65. The molecule has 2 bridgehead atoms. The smallest absolute Gasteiger partial charge is 0.247 e. The van der Waals surface area contributed by atoms with Gasteiger partial charge < -0.3 is 10.1 Å². The molecule has 1 aliphatic heterocycles. The Morgan fingerprint density at radius 2 is 1.70 bits per heavy atom. The van der Waals surface area contributed by atoms with Crippen molar-refractivity contribution in [2.45, 2.75) is 19.4 Å². The van der Waals surface area contributed by atoms with Crippen LogP contribution in [0.3, 0.4) is 0 Å². The van der Waals surface area contributed by atoms with Crippen LogP contribution >= 0.6 is 0 Å². The minimum atomic E-state index is -0.851. The number of likely N-dealkylation sites (tertiary alicyclic amines) is 1. The predicted octanol–water partition coefficient (Wildman–Crippen LogP) is 2.08. The third-order valence-electron chi connectivity index (χ3n) is 6.83. The quantitative estimate of drug-likeness (QED) is 0.654. The van der Waals surface area contributed by atoms with Crippen molar-refractivity contribution < 1.29 is 19.1 Å². The first-order chi connectivity index (χ1) is 13.0. The van der Waals surface area contributed by atoms with Crippen molar-refractivity contribution in [1.82, 2.24) is 4.90 Å². The van der Waals surface area contributed by atoms with Gasteiger partial charge in [-0.1, -0.05) is 24.3 Å². The molecular formula is C21H22N2O4. The van der Waals surface area contributed by atoms with Gasteiger partial charge in [-0.2, -0.15) is 0 Å². The molecule has 1 N–H and O–H groups in total. The molecule has 3 fully saturated rings. The normalized spacial score (nSPS) is 36.3. The highest BCUT2D eigenvalue weighted by molar-refractivity contribution is 6.10. The Morgan fingerprint density at radius 1 is 1.11 bits per heavy atom. The van der Waals surface area contributed by atoms with E-state index in [9.17, 15) is 14.4 Å². The van der Waals surface area contributed by atoms with Crippen LogP contribution in [0.15, 0.2) is 36.4 Å². The summed E-state index contributed by atoms with van der Waals surface area (Å²) in [5.74, 6) is 0.655. The summed E-state index contributed by atoms with van der Waals surface area (Å²) >= 11 is 0. The number of carbonyl (C=O) groups is 3. The molecule has 6 rings (SSSR count). The van der Waals surface area contributed by atoms with E-state index in [1.165, 1.54) is 12.0 Å². The van der Waals surface area contributed by atoms with Gasteiger partial charge in [0.15, 0.2) is 0 Å². The van der Waals surface area contributed by atoms with Crippen molar-refractivity contribution in [1.29, 1.82) is 0 Å². The molecule has 27 heavy (non-hydrogen) atoms. The number of hydrogen-bond acceptors (Lipinski definition) is 4. The number of anilines is 1. The molecule has 1 heterocycles. The largest absolute Gasteiger partial charge is 0.495 e. The van der Waals surface area contributed by atoms with Crippen LogP contribution in [-0.4, -0.2) is 35.8 Å². The summed E-state index contributed by atoms with van der Waals surface area (Å²) in [6.45, 7) is 1.62. The first-order valence-corrected chi connectivity index (χ1v) is 9.52. The van der Waals surface area contributed by atoms with Crippen LogP contribution in [-0.2, 0) is 14.4 Å². The first kappa shape index (κ1) is 16.5. The first-order valence-electron chi connectivity index (χ1n) is 9.52. The SMILES string of the molecule is COc1ccccc1NC(=O)[C@H](C)N1C(=O)[C@@H]2[C@H]3C=C[C@@H]([C@@H]4C[C@@H]34)[C@H]2C1=O. The number of para-hydroxylation sites is 2. The fourth-order valence-corrected chi connectivity index (χ4v) is 5.46. The maximum atomic E-state index is 13.1. The van der Waals surface area contributed by atoms with Crippen LogP contribution in [0.5, 0.6) is 5.75 Å². The molecular weight excluding hydrogens is 344 g/mol. The summed E-state index contributed by atoms with van der Waals surface area (Å²) < 4.78 is 5.25. The Balaban J connectivity index is 1.38. The van der Waals surface area contributed by atoms with E-state index in [0.29, 0.717) is 23.3 Å². The van der Waals surface area contributed by atoms with Crippen molar-refractivity contribution in [3.63, 3.8) is 0 Å². The van der Waals surface area contributed by atoms with E-state index in [1.54, 1.807) is 25.1 Å². The highest BCUT2D eigenvalue weighted by Gasteiger charge is 2.67. The van der Waals surface area contributed by atoms with Gasteiger partial charge in [0.1, 0.15) is 11.8 Å². The van der Waals surface area contributed by atoms with Crippen molar-refractivity contribution in [3.8, 4) is 5.75 Å². The van der Waals surface area contributed by atoms with Crippen LogP contribution in [0, 0.1) is 35.5 Å². The number of amides is 3. The number of imide groups is 1. The number of nitrogens with zero attached hydrogens (tertiary/aromatic N) is 1. The second kappa shape index (κ2) is 5.68. The molecule has 7 atom stereocenters. The van der Waals surface area contributed by atoms with E-state index >= 15 is 0 Å². The van der Waals surface area contributed by atoms with Gasteiger partial charge in [-0.15, -0.1) is 0 Å².